The Balaban J connectivity index is 1.50. The largest absolute Gasteiger partial charge is 0.387 e. The van der Waals surface area contributed by atoms with Crippen LogP contribution in [0.2, 0.25) is 0 Å². The highest BCUT2D eigenvalue weighted by molar-refractivity contribution is 5.73. The fourth-order valence-electron chi connectivity index (χ4n) is 2.68. The number of benzene rings is 2. The number of amides is 2. The third-order valence-corrected chi connectivity index (χ3v) is 4.16. The van der Waals surface area contributed by atoms with Crippen LogP contribution in [0.1, 0.15) is 22.8 Å². The van der Waals surface area contributed by atoms with Gasteiger partial charge in [-0.1, -0.05) is 36.4 Å². The van der Waals surface area contributed by atoms with Gasteiger partial charge in [0.2, 0.25) is 0 Å². The van der Waals surface area contributed by atoms with E-state index < -0.39 is 6.10 Å². The van der Waals surface area contributed by atoms with Crippen molar-refractivity contribution in [1.82, 2.24) is 20.4 Å². The summed E-state index contributed by atoms with van der Waals surface area (Å²) in [6.07, 6.45) is 2.71. The first kappa shape index (κ1) is 18.6. The smallest absolute Gasteiger partial charge is 0.315 e. The van der Waals surface area contributed by atoms with Gasteiger partial charge in [-0.15, -0.1) is 0 Å². The first-order valence-electron chi connectivity index (χ1n) is 8.61. The maximum Gasteiger partial charge on any atom is 0.315 e. The number of nitrogens with zero attached hydrogens (tertiary/aromatic N) is 2. The SMILES string of the molecule is O=C(NCc1ccccc1Cn1cccn1)NCC(O)c1ccc(F)cc1. The normalized spacial score (nSPS) is 11.8. The molecular weight excluding hydrogens is 347 g/mol. The lowest BCUT2D eigenvalue weighted by molar-refractivity contribution is 0.173. The minimum atomic E-state index is -0.900. The van der Waals surface area contributed by atoms with Crippen molar-refractivity contribution in [3.63, 3.8) is 0 Å². The first-order chi connectivity index (χ1) is 13.1. The van der Waals surface area contributed by atoms with Crippen LogP contribution >= 0.6 is 0 Å². The molecule has 6 nitrogen and oxygen atoms in total. The van der Waals surface area contributed by atoms with E-state index in [1.807, 2.05) is 41.2 Å². The number of aliphatic hydroxyl groups excluding tert-OH is 1. The summed E-state index contributed by atoms with van der Waals surface area (Å²) in [5.74, 6) is -0.370. The highest BCUT2D eigenvalue weighted by Gasteiger charge is 2.10. The molecule has 0 aliphatic heterocycles. The molecule has 1 aromatic heterocycles. The van der Waals surface area contributed by atoms with E-state index in [2.05, 4.69) is 15.7 Å². The van der Waals surface area contributed by atoms with Crippen molar-refractivity contribution in [2.45, 2.75) is 19.2 Å². The average molecular weight is 368 g/mol. The van der Waals surface area contributed by atoms with Gasteiger partial charge in [0.1, 0.15) is 5.82 Å². The Morgan fingerprint density at radius 3 is 2.52 bits per heavy atom. The van der Waals surface area contributed by atoms with E-state index in [0.717, 1.165) is 11.1 Å². The first-order valence-corrected chi connectivity index (χ1v) is 8.61. The van der Waals surface area contributed by atoms with Gasteiger partial charge in [0.05, 0.1) is 12.6 Å². The fraction of sp³-hybridized carbons (Fsp3) is 0.200. The third kappa shape index (κ3) is 5.39. The van der Waals surface area contributed by atoms with Gasteiger partial charge < -0.3 is 15.7 Å². The Hall–Kier alpha value is -3.19. The lowest BCUT2D eigenvalue weighted by Crippen LogP contribution is -2.37. The molecule has 7 heteroatoms. The molecule has 2 aromatic carbocycles. The van der Waals surface area contributed by atoms with Crippen LogP contribution in [0.5, 0.6) is 0 Å². The summed E-state index contributed by atoms with van der Waals surface area (Å²) in [7, 11) is 0. The molecule has 1 unspecified atom stereocenters. The molecule has 0 saturated carbocycles. The van der Waals surface area contributed by atoms with E-state index in [-0.39, 0.29) is 18.4 Å². The van der Waals surface area contributed by atoms with Crippen molar-refractivity contribution in [1.29, 1.82) is 0 Å². The summed E-state index contributed by atoms with van der Waals surface area (Å²) >= 11 is 0. The Bertz CT molecular complexity index is 866. The molecule has 140 valence electrons. The van der Waals surface area contributed by atoms with Crippen molar-refractivity contribution in [3.8, 4) is 0 Å². The Labute approximate surface area is 156 Å². The fourth-order valence-corrected chi connectivity index (χ4v) is 2.68. The summed E-state index contributed by atoms with van der Waals surface area (Å²) in [6, 6.07) is 14.8. The lowest BCUT2D eigenvalue weighted by atomic mass is 10.1. The number of carbonyl (C=O) groups is 1. The highest BCUT2D eigenvalue weighted by Crippen LogP contribution is 2.13. The Kier molecular flexibility index (Phi) is 6.17. The minimum Gasteiger partial charge on any atom is -0.387 e. The second-order valence-corrected chi connectivity index (χ2v) is 6.10. The molecular formula is C20H21FN4O2. The molecule has 27 heavy (non-hydrogen) atoms. The predicted molar refractivity (Wildman–Crippen MR) is 99.4 cm³/mol. The van der Waals surface area contributed by atoms with Crippen LogP contribution in [0.15, 0.2) is 67.0 Å². The lowest BCUT2D eigenvalue weighted by Gasteiger charge is -2.14. The predicted octanol–water partition coefficient (Wildman–Crippen LogP) is 2.60. The van der Waals surface area contributed by atoms with E-state index >= 15 is 0 Å². The van der Waals surface area contributed by atoms with Crippen molar-refractivity contribution in [2.75, 3.05) is 6.54 Å². The van der Waals surface area contributed by atoms with Gasteiger partial charge >= 0.3 is 6.03 Å². The summed E-state index contributed by atoms with van der Waals surface area (Å²) in [5.41, 5.74) is 2.59. The number of hydrogen-bond acceptors (Lipinski definition) is 3. The van der Waals surface area contributed by atoms with Crippen molar-refractivity contribution in [2.24, 2.45) is 0 Å². The van der Waals surface area contributed by atoms with Crippen LogP contribution in [0.3, 0.4) is 0 Å². The minimum absolute atomic E-state index is 0.0341. The summed E-state index contributed by atoms with van der Waals surface area (Å²) < 4.78 is 14.7. The topological polar surface area (TPSA) is 79.2 Å². The van der Waals surface area contributed by atoms with Crippen LogP contribution in [0, 0.1) is 5.82 Å². The zero-order valence-electron chi connectivity index (χ0n) is 14.7. The Morgan fingerprint density at radius 2 is 1.81 bits per heavy atom. The number of rotatable bonds is 7. The van der Waals surface area contributed by atoms with Gasteiger partial charge in [-0.2, -0.15) is 5.10 Å². The molecule has 0 radical (unpaired) electrons. The molecule has 3 aromatic rings. The van der Waals surface area contributed by atoms with Crippen LogP contribution in [-0.2, 0) is 13.1 Å². The van der Waals surface area contributed by atoms with Gasteiger partial charge in [0.15, 0.2) is 0 Å². The summed E-state index contributed by atoms with van der Waals surface area (Å²) in [4.78, 5) is 12.0. The number of halogens is 1. The number of urea groups is 1. The molecule has 0 bridgehead atoms. The van der Waals surface area contributed by atoms with Gasteiger partial charge in [0, 0.05) is 25.5 Å². The zero-order valence-corrected chi connectivity index (χ0v) is 14.7. The molecule has 3 N–H and O–H groups in total. The maximum absolute atomic E-state index is 12.9. The summed E-state index contributed by atoms with van der Waals surface area (Å²) in [6.45, 7) is 1.01. The van der Waals surface area contributed by atoms with E-state index in [0.29, 0.717) is 18.7 Å². The van der Waals surface area contributed by atoms with Crippen LogP contribution in [0.4, 0.5) is 9.18 Å². The monoisotopic (exact) mass is 368 g/mol. The number of nitrogens with one attached hydrogen (secondary N) is 2. The molecule has 0 aliphatic rings. The van der Waals surface area contributed by atoms with Gasteiger partial charge in [-0.25, -0.2) is 9.18 Å². The standard InChI is InChI=1S/C20H21FN4O2/c21-18-8-6-15(7-9-18)19(26)13-23-20(27)22-12-16-4-1-2-5-17(16)14-25-11-3-10-24-25/h1-11,19,26H,12-14H2,(H2,22,23,27). The number of carbonyl (C=O) groups excluding carboxylic acids is 1. The van der Waals surface area contributed by atoms with Crippen LogP contribution in [-0.4, -0.2) is 27.5 Å². The number of aliphatic hydroxyl groups is 1. The third-order valence-electron chi connectivity index (χ3n) is 4.16. The van der Waals surface area contributed by atoms with E-state index in [9.17, 15) is 14.3 Å². The molecule has 0 aliphatic carbocycles. The number of aromatic nitrogens is 2. The van der Waals surface area contributed by atoms with Crippen molar-refractivity contribution >= 4 is 6.03 Å². The molecule has 3 rings (SSSR count). The maximum atomic E-state index is 12.9. The van der Waals surface area contributed by atoms with E-state index in [1.54, 1.807) is 6.20 Å². The highest BCUT2D eigenvalue weighted by atomic mass is 19.1. The van der Waals surface area contributed by atoms with E-state index in [4.69, 9.17) is 0 Å². The molecule has 0 saturated heterocycles. The molecule has 1 heterocycles. The second kappa shape index (κ2) is 8.95. The van der Waals surface area contributed by atoms with Crippen LogP contribution in [0.25, 0.3) is 0 Å². The zero-order chi connectivity index (χ0) is 19.1. The number of hydrogen-bond donors (Lipinski definition) is 3. The molecule has 0 fully saturated rings. The van der Waals surface area contributed by atoms with Crippen LogP contribution < -0.4 is 10.6 Å². The van der Waals surface area contributed by atoms with Crippen molar-refractivity contribution in [3.05, 3.63) is 89.5 Å². The molecule has 2 amide bonds. The quantitative estimate of drug-likeness (QED) is 0.600. The summed E-state index contributed by atoms with van der Waals surface area (Å²) in [5, 5.41) is 19.7. The average Bonchev–Trinajstić information content (AvgIpc) is 3.19. The molecule has 0 spiro atoms. The van der Waals surface area contributed by atoms with E-state index in [1.165, 1.54) is 24.3 Å². The molecule has 1 atom stereocenters. The van der Waals surface area contributed by atoms with Crippen molar-refractivity contribution < 1.29 is 14.3 Å². The van der Waals surface area contributed by atoms with Gasteiger partial charge in [-0.3, -0.25) is 4.68 Å². The Morgan fingerprint density at radius 1 is 1.07 bits per heavy atom. The van der Waals surface area contributed by atoms with Gasteiger partial charge in [0.25, 0.3) is 0 Å². The van der Waals surface area contributed by atoms with Gasteiger partial charge in [-0.05, 0) is 34.9 Å². The second-order valence-electron chi connectivity index (χ2n) is 6.10.